The Bertz CT molecular complexity index is 419. The Kier molecular flexibility index (Phi) is 4.48. The fraction of sp³-hybridized carbons (Fsp3) is 0.538. The van der Waals surface area contributed by atoms with Gasteiger partial charge in [-0.05, 0) is 52.4 Å². The van der Waals surface area contributed by atoms with Crippen LogP contribution in [0.3, 0.4) is 0 Å². The summed E-state index contributed by atoms with van der Waals surface area (Å²) in [4.78, 5) is 0. The second-order valence-corrected chi connectivity index (χ2v) is 5.38. The summed E-state index contributed by atoms with van der Waals surface area (Å²) in [5.41, 5.74) is 7.27. The molecule has 4 nitrogen and oxygen atoms in total. The Morgan fingerprint density at radius 2 is 2.11 bits per heavy atom. The number of rotatable bonds is 3. The van der Waals surface area contributed by atoms with Crippen molar-refractivity contribution in [2.75, 3.05) is 20.3 Å². The molecule has 5 heteroatoms. The van der Waals surface area contributed by atoms with Gasteiger partial charge in [-0.3, -0.25) is 0 Å². The van der Waals surface area contributed by atoms with Crippen molar-refractivity contribution < 1.29 is 14.6 Å². The van der Waals surface area contributed by atoms with Gasteiger partial charge in [-0.1, -0.05) is 0 Å². The number of nitrogens with two attached hydrogens (primary N) is 1. The van der Waals surface area contributed by atoms with Crippen LogP contribution in [0.1, 0.15) is 24.4 Å². The van der Waals surface area contributed by atoms with Crippen LogP contribution in [-0.2, 0) is 4.74 Å². The molecule has 2 rings (SSSR count). The molecular formula is C13H18BrNO3. The molecule has 1 fully saturated rings. The van der Waals surface area contributed by atoms with E-state index in [1.807, 2.05) is 6.07 Å². The highest BCUT2D eigenvalue weighted by atomic mass is 79.9. The van der Waals surface area contributed by atoms with Gasteiger partial charge in [0.2, 0.25) is 0 Å². The monoisotopic (exact) mass is 315 g/mol. The number of hydrogen-bond donors (Lipinski definition) is 2. The molecule has 0 bridgehead atoms. The zero-order valence-corrected chi connectivity index (χ0v) is 11.9. The van der Waals surface area contributed by atoms with Crippen molar-refractivity contribution in [3.63, 3.8) is 0 Å². The van der Waals surface area contributed by atoms with Crippen LogP contribution in [-0.4, -0.2) is 25.4 Å². The molecule has 1 aromatic rings. The van der Waals surface area contributed by atoms with Crippen LogP contribution in [0.5, 0.6) is 11.5 Å². The van der Waals surface area contributed by atoms with Crippen molar-refractivity contribution in [2.45, 2.75) is 18.9 Å². The van der Waals surface area contributed by atoms with Gasteiger partial charge in [0.1, 0.15) is 0 Å². The van der Waals surface area contributed by atoms with Crippen LogP contribution >= 0.6 is 15.9 Å². The first-order valence-corrected chi connectivity index (χ1v) is 6.82. The lowest BCUT2D eigenvalue weighted by Gasteiger charge is -2.28. The first-order chi connectivity index (χ1) is 8.63. The van der Waals surface area contributed by atoms with Gasteiger partial charge in [-0.2, -0.15) is 0 Å². The van der Waals surface area contributed by atoms with E-state index in [0.29, 0.717) is 16.1 Å². The lowest BCUT2D eigenvalue weighted by atomic mass is 9.88. The third-order valence-corrected chi connectivity index (χ3v) is 4.03. The van der Waals surface area contributed by atoms with E-state index in [0.717, 1.165) is 31.6 Å². The predicted molar refractivity (Wildman–Crippen MR) is 72.8 cm³/mol. The largest absolute Gasteiger partial charge is 0.503 e. The third kappa shape index (κ3) is 2.79. The maximum Gasteiger partial charge on any atom is 0.172 e. The average molecular weight is 316 g/mol. The lowest BCUT2D eigenvalue weighted by Crippen LogP contribution is -2.27. The van der Waals surface area contributed by atoms with Crippen LogP contribution in [0, 0.1) is 5.92 Å². The summed E-state index contributed by atoms with van der Waals surface area (Å²) in [5.74, 6) is 0.974. The number of phenols is 1. The minimum atomic E-state index is -0.0558. The molecule has 1 aliphatic heterocycles. The maximum absolute atomic E-state index is 9.78. The average Bonchev–Trinajstić information content (AvgIpc) is 2.42. The summed E-state index contributed by atoms with van der Waals surface area (Å²) < 4.78 is 11.1. The Balaban J connectivity index is 2.23. The van der Waals surface area contributed by atoms with Gasteiger partial charge in [0.15, 0.2) is 11.5 Å². The Morgan fingerprint density at radius 1 is 1.44 bits per heavy atom. The predicted octanol–water partition coefficient (Wildman–Crippen LogP) is 2.59. The summed E-state index contributed by atoms with van der Waals surface area (Å²) in [7, 11) is 1.53. The summed E-state index contributed by atoms with van der Waals surface area (Å²) in [5, 5.41) is 9.78. The number of phenolic OH excluding ortho intramolecular Hbond substituents is 1. The zero-order chi connectivity index (χ0) is 13.1. The highest BCUT2D eigenvalue weighted by molar-refractivity contribution is 9.10. The van der Waals surface area contributed by atoms with E-state index in [1.54, 1.807) is 6.07 Å². The SMILES string of the molecule is COc1cc([C@@H](N)C2CCOCC2)cc(Br)c1O. The van der Waals surface area contributed by atoms with Crippen LogP contribution in [0.25, 0.3) is 0 Å². The van der Waals surface area contributed by atoms with Gasteiger partial charge < -0.3 is 20.3 Å². The Labute approximate surface area is 115 Å². The second-order valence-electron chi connectivity index (χ2n) is 4.53. The third-order valence-electron chi connectivity index (χ3n) is 3.43. The molecule has 0 unspecified atom stereocenters. The molecule has 0 aliphatic carbocycles. The molecule has 1 aromatic carbocycles. The fourth-order valence-corrected chi connectivity index (χ4v) is 2.75. The highest BCUT2D eigenvalue weighted by Gasteiger charge is 2.23. The van der Waals surface area contributed by atoms with E-state index in [-0.39, 0.29) is 11.8 Å². The smallest absolute Gasteiger partial charge is 0.172 e. The number of ether oxygens (including phenoxy) is 2. The van der Waals surface area contributed by atoms with Crippen molar-refractivity contribution in [1.29, 1.82) is 0 Å². The van der Waals surface area contributed by atoms with Crippen molar-refractivity contribution in [2.24, 2.45) is 11.7 Å². The number of benzene rings is 1. The number of aromatic hydroxyl groups is 1. The molecule has 0 aromatic heterocycles. The minimum absolute atomic E-state index is 0.0558. The van der Waals surface area contributed by atoms with E-state index in [1.165, 1.54) is 7.11 Å². The van der Waals surface area contributed by atoms with Crippen LogP contribution in [0.2, 0.25) is 0 Å². The first-order valence-electron chi connectivity index (χ1n) is 6.03. The molecule has 0 saturated carbocycles. The standard InChI is InChI=1S/C13H18BrNO3/c1-17-11-7-9(6-10(14)13(11)16)12(15)8-2-4-18-5-3-8/h6-8,12,16H,2-5,15H2,1H3/t12-/m0/s1. The van der Waals surface area contributed by atoms with Crippen molar-refractivity contribution in [3.8, 4) is 11.5 Å². The number of methoxy groups -OCH3 is 1. The summed E-state index contributed by atoms with van der Waals surface area (Å²) >= 11 is 3.32. The molecule has 18 heavy (non-hydrogen) atoms. The van der Waals surface area contributed by atoms with Crippen LogP contribution < -0.4 is 10.5 Å². The highest BCUT2D eigenvalue weighted by Crippen LogP contribution is 2.38. The topological polar surface area (TPSA) is 64.7 Å². The second kappa shape index (κ2) is 5.91. The van der Waals surface area contributed by atoms with E-state index in [4.69, 9.17) is 15.2 Å². The summed E-state index contributed by atoms with van der Waals surface area (Å²) in [6, 6.07) is 3.61. The van der Waals surface area contributed by atoms with Crippen LogP contribution in [0.4, 0.5) is 0 Å². The van der Waals surface area contributed by atoms with Gasteiger partial charge in [-0.25, -0.2) is 0 Å². The van der Waals surface area contributed by atoms with E-state index in [9.17, 15) is 5.11 Å². The van der Waals surface area contributed by atoms with Gasteiger partial charge in [0.25, 0.3) is 0 Å². The first kappa shape index (κ1) is 13.6. The molecule has 0 radical (unpaired) electrons. The molecule has 0 spiro atoms. The Hall–Kier alpha value is -0.780. The molecule has 0 amide bonds. The number of hydrogen-bond acceptors (Lipinski definition) is 4. The fourth-order valence-electron chi connectivity index (χ4n) is 2.29. The number of halogens is 1. The minimum Gasteiger partial charge on any atom is -0.503 e. The quantitative estimate of drug-likeness (QED) is 0.900. The van der Waals surface area contributed by atoms with Gasteiger partial charge >= 0.3 is 0 Å². The molecule has 3 N–H and O–H groups in total. The maximum atomic E-state index is 9.78. The van der Waals surface area contributed by atoms with Gasteiger partial charge in [0, 0.05) is 19.3 Å². The van der Waals surface area contributed by atoms with Crippen molar-refractivity contribution >= 4 is 15.9 Å². The van der Waals surface area contributed by atoms with Gasteiger partial charge in [0.05, 0.1) is 11.6 Å². The summed E-state index contributed by atoms with van der Waals surface area (Å²) in [6.45, 7) is 1.55. The van der Waals surface area contributed by atoms with Crippen molar-refractivity contribution in [1.82, 2.24) is 0 Å². The molecule has 1 saturated heterocycles. The Morgan fingerprint density at radius 3 is 2.72 bits per heavy atom. The van der Waals surface area contributed by atoms with E-state index >= 15 is 0 Å². The van der Waals surface area contributed by atoms with Crippen molar-refractivity contribution in [3.05, 3.63) is 22.2 Å². The van der Waals surface area contributed by atoms with Gasteiger partial charge in [-0.15, -0.1) is 0 Å². The summed E-state index contributed by atoms with van der Waals surface area (Å²) in [6.07, 6.45) is 1.95. The molecule has 1 atom stereocenters. The van der Waals surface area contributed by atoms with E-state index in [2.05, 4.69) is 15.9 Å². The molecule has 1 aliphatic rings. The zero-order valence-electron chi connectivity index (χ0n) is 10.4. The molecular weight excluding hydrogens is 298 g/mol. The van der Waals surface area contributed by atoms with E-state index < -0.39 is 0 Å². The molecule has 1 heterocycles. The van der Waals surface area contributed by atoms with Crippen LogP contribution in [0.15, 0.2) is 16.6 Å². The molecule has 100 valence electrons. The lowest BCUT2D eigenvalue weighted by molar-refractivity contribution is 0.0583. The normalized spacial score (nSPS) is 18.6.